The second-order valence-electron chi connectivity index (χ2n) is 7.80. The number of hydrogen-bond acceptors (Lipinski definition) is 3. The van der Waals surface area contributed by atoms with E-state index >= 15 is 0 Å². The van der Waals surface area contributed by atoms with Gasteiger partial charge in [-0.25, -0.2) is 8.78 Å². The molecule has 1 aliphatic rings. The second-order valence-corrected chi connectivity index (χ2v) is 7.80. The van der Waals surface area contributed by atoms with E-state index in [0.29, 0.717) is 26.1 Å². The average molecular weight is 415 g/mol. The van der Waals surface area contributed by atoms with Gasteiger partial charge in [-0.3, -0.25) is 9.69 Å². The zero-order chi connectivity index (χ0) is 21.7. The zero-order valence-corrected chi connectivity index (χ0v) is 17.3. The predicted molar refractivity (Wildman–Crippen MR) is 112 cm³/mol. The van der Waals surface area contributed by atoms with Crippen LogP contribution in [-0.4, -0.2) is 42.2 Å². The van der Waals surface area contributed by atoms with Crippen LogP contribution in [0.1, 0.15) is 35.1 Å². The fourth-order valence-corrected chi connectivity index (χ4v) is 3.91. The number of carboxylic acids is 1. The molecule has 6 heteroatoms. The lowest BCUT2D eigenvalue weighted by Gasteiger charge is -2.30. The van der Waals surface area contributed by atoms with Crippen LogP contribution in [0.3, 0.4) is 0 Å². The molecule has 160 valence electrons. The number of hydrogen-bond donors (Lipinski definition) is 1. The molecule has 30 heavy (non-hydrogen) atoms. The topological polar surface area (TPSA) is 49.8 Å². The van der Waals surface area contributed by atoms with Gasteiger partial charge in [0.05, 0.1) is 12.2 Å². The Morgan fingerprint density at radius 3 is 2.27 bits per heavy atom. The molecular formula is C24H27F2NO3. The number of piperidine rings is 1. The molecule has 2 aromatic rings. The van der Waals surface area contributed by atoms with Crippen LogP contribution in [-0.2, 0) is 9.53 Å². The van der Waals surface area contributed by atoms with E-state index in [4.69, 9.17) is 4.74 Å². The van der Waals surface area contributed by atoms with Gasteiger partial charge in [0, 0.05) is 18.7 Å². The third-order valence-electron chi connectivity index (χ3n) is 5.54. The quantitative estimate of drug-likeness (QED) is 0.522. The summed E-state index contributed by atoms with van der Waals surface area (Å²) in [6, 6.07) is 9.11. The van der Waals surface area contributed by atoms with Crippen molar-refractivity contribution in [2.75, 3.05) is 26.2 Å². The molecule has 0 saturated carbocycles. The van der Waals surface area contributed by atoms with Crippen LogP contribution in [0.2, 0.25) is 0 Å². The van der Waals surface area contributed by atoms with Crippen molar-refractivity contribution in [2.45, 2.75) is 26.7 Å². The third kappa shape index (κ3) is 5.45. The van der Waals surface area contributed by atoms with Crippen molar-refractivity contribution in [3.8, 4) is 0 Å². The number of halogens is 2. The fourth-order valence-electron chi connectivity index (χ4n) is 3.91. The molecule has 1 saturated heterocycles. The van der Waals surface area contributed by atoms with Gasteiger partial charge in [-0.1, -0.05) is 12.1 Å². The van der Waals surface area contributed by atoms with Gasteiger partial charge >= 0.3 is 5.97 Å². The van der Waals surface area contributed by atoms with Crippen LogP contribution in [0.15, 0.2) is 42.7 Å². The minimum atomic E-state index is -0.749. The van der Waals surface area contributed by atoms with Crippen molar-refractivity contribution in [3.63, 3.8) is 0 Å². The Balaban J connectivity index is 1.77. The van der Waals surface area contributed by atoms with E-state index in [1.165, 1.54) is 24.3 Å². The van der Waals surface area contributed by atoms with Crippen LogP contribution < -0.4 is 0 Å². The number of nitrogens with zero attached hydrogens (tertiary/aromatic N) is 1. The molecule has 0 aliphatic carbocycles. The largest absolute Gasteiger partial charge is 0.499 e. The van der Waals surface area contributed by atoms with Gasteiger partial charge < -0.3 is 9.84 Å². The summed E-state index contributed by atoms with van der Waals surface area (Å²) in [5.74, 6) is -1.70. The zero-order valence-electron chi connectivity index (χ0n) is 17.3. The average Bonchev–Trinajstić information content (AvgIpc) is 2.70. The summed E-state index contributed by atoms with van der Waals surface area (Å²) in [7, 11) is 0. The summed E-state index contributed by atoms with van der Waals surface area (Å²) >= 11 is 0. The molecule has 1 atom stereocenters. The van der Waals surface area contributed by atoms with Crippen molar-refractivity contribution in [1.29, 1.82) is 0 Å². The predicted octanol–water partition coefficient (Wildman–Crippen LogP) is 4.78. The molecule has 1 N–H and O–H groups in total. The van der Waals surface area contributed by atoms with E-state index in [1.807, 2.05) is 13.8 Å². The van der Waals surface area contributed by atoms with Crippen LogP contribution in [0, 0.1) is 31.4 Å². The van der Waals surface area contributed by atoms with E-state index in [0.717, 1.165) is 40.8 Å². The Labute approximate surface area is 175 Å². The first-order valence-electron chi connectivity index (χ1n) is 10.1. The molecule has 1 aliphatic heterocycles. The second kappa shape index (κ2) is 9.85. The molecule has 1 unspecified atom stereocenters. The highest BCUT2D eigenvalue weighted by molar-refractivity contribution is 5.82. The van der Waals surface area contributed by atoms with Gasteiger partial charge in [0.25, 0.3) is 0 Å². The van der Waals surface area contributed by atoms with E-state index in [9.17, 15) is 18.7 Å². The van der Waals surface area contributed by atoms with Crippen molar-refractivity contribution < 1.29 is 23.4 Å². The Hall–Kier alpha value is -2.73. The highest BCUT2D eigenvalue weighted by Gasteiger charge is 2.25. The highest BCUT2D eigenvalue weighted by atomic mass is 19.1. The van der Waals surface area contributed by atoms with Crippen LogP contribution in [0.4, 0.5) is 8.78 Å². The number of carboxylic acid groups (broad SMARTS) is 1. The summed E-state index contributed by atoms with van der Waals surface area (Å²) in [5.41, 5.74) is 3.90. The number of aryl methyl sites for hydroxylation is 2. The van der Waals surface area contributed by atoms with Gasteiger partial charge in [0.15, 0.2) is 0 Å². The monoisotopic (exact) mass is 415 g/mol. The van der Waals surface area contributed by atoms with Crippen molar-refractivity contribution >= 4 is 11.5 Å². The molecule has 0 radical (unpaired) electrons. The van der Waals surface area contributed by atoms with Crippen LogP contribution in [0.5, 0.6) is 0 Å². The summed E-state index contributed by atoms with van der Waals surface area (Å²) in [6.07, 6.45) is 3.21. The van der Waals surface area contributed by atoms with E-state index < -0.39 is 5.97 Å². The maximum absolute atomic E-state index is 13.6. The molecule has 2 aromatic carbocycles. The molecular weight excluding hydrogens is 388 g/mol. The lowest BCUT2D eigenvalue weighted by Crippen LogP contribution is -2.40. The summed E-state index contributed by atoms with van der Waals surface area (Å²) in [4.78, 5) is 13.3. The normalized spacial score (nSPS) is 16.9. The minimum absolute atomic E-state index is 0.314. The van der Waals surface area contributed by atoms with Gasteiger partial charge in [-0.2, -0.15) is 0 Å². The third-order valence-corrected chi connectivity index (χ3v) is 5.54. The lowest BCUT2D eigenvalue weighted by molar-refractivity contribution is -0.143. The first kappa shape index (κ1) is 22.0. The summed E-state index contributed by atoms with van der Waals surface area (Å²) in [5, 5.41) is 9.22. The number of benzene rings is 2. The lowest BCUT2D eigenvalue weighted by atomic mass is 9.92. The Kier molecular flexibility index (Phi) is 7.21. The summed E-state index contributed by atoms with van der Waals surface area (Å²) in [6.45, 7) is 6.06. The van der Waals surface area contributed by atoms with Crippen molar-refractivity contribution in [1.82, 2.24) is 4.90 Å². The number of carbonyl (C=O) groups is 1. The molecule has 0 amide bonds. The fraction of sp³-hybridized carbons (Fsp3) is 0.375. The van der Waals surface area contributed by atoms with Crippen LogP contribution >= 0.6 is 0 Å². The minimum Gasteiger partial charge on any atom is -0.499 e. The smallest absolute Gasteiger partial charge is 0.307 e. The highest BCUT2D eigenvalue weighted by Crippen LogP contribution is 2.29. The molecule has 3 rings (SSSR count). The first-order valence-corrected chi connectivity index (χ1v) is 10.1. The summed E-state index contributed by atoms with van der Waals surface area (Å²) < 4.78 is 33.0. The van der Waals surface area contributed by atoms with E-state index in [-0.39, 0.29) is 17.6 Å². The van der Waals surface area contributed by atoms with Gasteiger partial charge in [-0.15, -0.1) is 0 Å². The first-order chi connectivity index (χ1) is 14.3. The number of aliphatic carboxylic acids is 1. The van der Waals surface area contributed by atoms with Crippen LogP contribution in [0.25, 0.3) is 5.57 Å². The van der Waals surface area contributed by atoms with E-state index in [1.54, 1.807) is 18.4 Å². The molecule has 0 spiro atoms. The Morgan fingerprint density at radius 2 is 1.73 bits per heavy atom. The van der Waals surface area contributed by atoms with Gasteiger partial charge in [0.1, 0.15) is 18.2 Å². The molecule has 1 fully saturated rings. The van der Waals surface area contributed by atoms with Gasteiger partial charge in [-0.05, 0) is 79.8 Å². The SMILES string of the molecule is Cc1cc(F)ccc1C(=COCCN1CCCC(C(=O)O)C1)c1ccc(F)cc1C. The maximum atomic E-state index is 13.6. The molecule has 1 heterocycles. The molecule has 0 bridgehead atoms. The maximum Gasteiger partial charge on any atom is 0.307 e. The Morgan fingerprint density at radius 1 is 1.13 bits per heavy atom. The van der Waals surface area contributed by atoms with E-state index in [2.05, 4.69) is 4.90 Å². The van der Waals surface area contributed by atoms with Crippen molar-refractivity contribution in [2.24, 2.45) is 5.92 Å². The number of rotatable bonds is 7. The standard InChI is InChI=1S/C24H27F2NO3/c1-16-12-19(25)5-7-21(16)23(22-8-6-20(26)13-17(22)2)15-30-11-10-27-9-3-4-18(14-27)24(28)29/h5-8,12-13,15,18H,3-4,9-11,14H2,1-2H3,(H,28,29). The molecule has 4 nitrogen and oxygen atoms in total. The number of likely N-dealkylation sites (tertiary alicyclic amines) is 1. The number of ether oxygens (including phenoxy) is 1. The molecule has 0 aromatic heterocycles. The Bertz CT molecular complexity index is 889. The van der Waals surface area contributed by atoms with Gasteiger partial charge in [0.2, 0.25) is 0 Å². The van der Waals surface area contributed by atoms with Crippen molar-refractivity contribution in [3.05, 3.63) is 76.5 Å².